The molecular weight excluding hydrogens is 330 g/mol. The van der Waals surface area contributed by atoms with E-state index in [0.29, 0.717) is 17.5 Å². The summed E-state index contributed by atoms with van der Waals surface area (Å²) in [5, 5.41) is 14.8. The molecule has 1 amide bonds. The van der Waals surface area contributed by atoms with Crippen molar-refractivity contribution in [3.05, 3.63) is 69.3 Å². The van der Waals surface area contributed by atoms with Crippen molar-refractivity contribution in [2.45, 2.75) is 45.8 Å². The molecule has 6 heteroatoms. The van der Waals surface area contributed by atoms with Gasteiger partial charge in [0.1, 0.15) is 6.17 Å². The van der Waals surface area contributed by atoms with Crippen LogP contribution in [0.25, 0.3) is 0 Å². The Labute approximate surface area is 153 Å². The minimum Gasteiger partial charge on any atom is -0.361 e. The molecule has 2 aromatic rings. The lowest BCUT2D eigenvalue weighted by atomic mass is 9.99. The molecule has 1 N–H and O–H groups in total. The smallest absolute Gasteiger partial charge is 0.272 e. The predicted octanol–water partition coefficient (Wildman–Crippen LogP) is 4.52. The number of nitrogens with zero attached hydrogens (tertiary/aromatic N) is 2. The van der Waals surface area contributed by atoms with Crippen LogP contribution in [0.2, 0.25) is 0 Å². The first-order valence-corrected chi connectivity index (χ1v) is 8.93. The minimum atomic E-state index is -0.433. The fourth-order valence-corrected chi connectivity index (χ4v) is 3.38. The topological polar surface area (TPSA) is 75.5 Å². The number of carbonyl (C=O) groups is 1. The largest absolute Gasteiger partial charge is 0.361 e. The number of fused-ring (bicyclic) bond motifs is 1. The van der Waals surface area contributed by atoms with Crippen LogP contribution in [-0.2, 0) is 6.42 Å². The van der Waals surface area contributed by atoms with E-state index >= 15 is 0 Å². The van der Waals surface area contributed by atoms with E-state index in [1.807, 2.05) is 45.0 Å². The molecule has 6 nitrogen and oxygen atoms in total. The third-order valence-electron chi connectivity index (χ3n) is 5.03. The van der Waals surface area contributed by atoms with Crippen molar-refractivity contribution < 1.29 is 9.72 Å². The van der Waals surface area contributed by atoms with Gasteiger partial charge in [-0.3, -0.25) is 14.9 Å². The van der Waals surface area contributed by atoms with Crippen LogP contribution >= 0.6 is 0 Å². The van der Waals surface area contributed by atoms with E-state index in [2.05, 4.69) is 5.32 Å². The molecule has 2 atom stereocenters. The van der Waals surface area contributed by atoms with Crippen molar-refractivity contribution in [1.29, 1.82) is 0 Å². The Morgan fingerprint density at radius 2 is 1.96 bits per heavy atom. The Morgan fingerprint density at radius 3 is 2.62 bits per heavy atom. The summed E-state index contributed by atoms with van der Waals surface area (Å²) in [6.07, 6.45) is 0.948. The maximum Gasteiger partial charge on any atom is 0.272 e. The van der Waals surface area contributed by atoms with Crippen molar-refractivity contribution in [2.24, 2.45) is 0 Å². The number of hydrogen-bond acceptors (Lipinski definition) is 4. The number of para-hydroxylation sites is 1. The molecule has 0 saturated heterocycles. The molecule has 0 unspecified atom stereocenters. The molecule has 26 heavy (non-hydrogen) atoms. The Morgan fingerprint density at radius 1 is 1.23 bits per heavy atom. The normalized spacial score (nSPS) is 17.4. The summed E-state index contributed by atoms with van der Waals surface area (Å²) < 4.78 is 0. The molecule has 0 radical (unpaired) electrons. The van der Waals surface area contributed by atoms with Gasteiger partial charge < -0.3 is 10.2 Å². The number of benzene rings is 2. The molecule has 2 aromatic carbocycles. The van der Waals surface area contributed by atoms with Gasteiger partial charge in [-0.2, -0.15) is 0 Å². The standard InChI is InChI=1S/C20H23N3O3/c1-4-13(3)22-19(21-17-9-7-6-8-16(17)20(22)24)15-11-10-14(5-2)18(12-15)23(25)26/h6-13,19,21H,4-5H2,1-3H3/t13-,19-/m1/s1. The van der Waals surface area contributed by atoms with Gasteiger partial charge in [-0.05, 0) is 31.9 Å². The highest BCUT2D eigenvalue weighted by Crippen LogP contribution is 2.36. The monoisotopic (exact) mass is 353 g/mol. The maximum absolute atomic E-state index is 13.1. The van der Waals surface area contributed by atoms with E-state index in [4.69, 9.17) is 0 Å². The minimum absolute atomic E-state index is 0.00161. The first kappa shape index (κ1) is 17.9. The molecule has 0 spiro atoms. The van der Waals surface area contributed by atoms with Crippen molar-refractivity contribution >= 4 is 17.3 Å². The second-order valence-corrected chi connectivity index (χ2v) is 6.56. The predicted molar refractivity (Wildman–Crippen MR) is 101 cm³/mol. The average Bonchev–Trinajstić information content (AvgIpc) is 2.66. The zero-order valence-electron chi connectivity index (χ0n) is 15.2. The van der Waals surface area contributed by atoms with Gasteiger partial charge in [0.15, 0.2) is 0 Å². The summed E-state index contributed by atoms with van der Waals surface area (Å²) in [7, 11) is 0. The van der Waals surface area contributed by atoms with Crippen molar-refractivity contribution in [1.82, 2.24) is 4.90 Å². The lowest BCUT2D eigenvalue weighted by Gasteiger charge is -2.41. The Balaban J connectivity index is 2.11. The Bertz CT molecular complexity index is 850. The fourth-order valence-electron chi connectivity index (χ4n) is 3.38. The van der Waals surface area contributed by atoms with E-state index in [0.717, 1.165) is 17.7 Å². The number of aryl methyl sites for hydroxylation is 1. The Hall–Kier alpha value is -2.89. The first-order valence-electron chi connectivity index (χ1n) is 8.93. The molecule has 1 aliphatic rings. The van der Waals surface area contributed by atoms with Gasteiger partial charge in [-0.15, -0.1) is 0 Å². The number of carbonyl (C=O) groups excluding carboxylic acids is 1. The molecule has 136 valence electrons. The van der Waals surface area contributed by atoms with Crippen molar-refractivity contribution in [2.75, 3.05) is 5.32 Å². The highest BCUT2D eigenvalue weighted by atomic mass is 16.6. The van der Waals surface area contributed by atoms with E-state index in [1.54, 1.807) is 23.1 Å². The number of amides is 1. The van der Waals surface area contributed by atoms with Gasteiger partial charge in [-0.1, -0.05) is 38.1 Å². The van der Waals surface area contributed by atoms with Crippen LogP contribution in [0.1, 0.15) is 54.8 Å². The first-order chi connectivity index (χ1) is 12.5. The van der Waals surface area contributed by atoms with E-state index in [-0.39, 0.29) is 22.6 Å². The number of nitro groups is 1. The SMILES string of the molecule is CCc1ccc([C@@H]2Nc3ccccc3C(=O)N2[C@H](C)CC)cc1[N+](=O)[O-]. The molecule has 3 rings (SSSR count). The summed E-state index contributed by atoms with van der Waals surface area (Å²) >= 11 is 0. The van der Waals surface area contributed by atoms with Crippen molar-refractivity contribution in [3.63, 3.8) is 0 Å². The zero-order chi connectivity index (χ0) is 18.8. The van der Waals surface area contributed by atoms with Crippen LogP contribution in [0.4, 0.5) is 11.4 Å². The highest BCUT2D eigenvalue weighted by molar-refractivity contribution is 6.01. The summed E-state index contributed by atoms with van der Waals surface area (Å²) in [6.45, 7) is 5.92. The summed E-state index contributed by atoms with van der Waals surface area (Å²) in [5.41, 5.74) is 2.89. The van der Waals surface area contributed by atoms with E-state index < -0.39 is 6.17 Å². The number of nitrogens with one attached hydrogen (secondary N) is 1. The number of rotatable bonds is 5. The molecule has 0 aromatic heterocycles. The van der Waals surface area contributed by atoms with E-state index in [1.165, 1.54) is 0 Å². The molecule has 1 heterocycles. The zero-order valence-corrected chi connectivity index (χ0v) is 15.2. The van der Waals surface area contributed by atoms with E-state index in [9.17, 15) is 14.9 Å². The average molecular weight is 353 g/mol. The van der Waals surface area contributed by atoms with Crippen LogP contribution in [0, 0.1) is 10.1 Å². The lowest BCUT2D eigenvalue weighted by molar-refractivity contribution is -0.385. The molecule has 0 saturated carbocycles. The summed E-state index contributed by atoms with van der Waals surface area (Å²) in [5.74, 6) is -0.0547. The molecule has 0 bridgehead atoms. The van der Waals surface area contributed by atoms with Crippen LogP contribution in [0.3, 0.4) is 0 Å². The molecular formula is C20H23N3O3. The number of hydrogen-bond donors (Lipinski definition) is 1. The molecule has 0 fully saturated rings. The van der Waals surface area contributed by atoms with Crippen LogP contribution in [0.15, 0.2) is 42.5 Å². The fraction of sp³-hybridized carbons (Fsp3) is 0.350. The second-order valence-electron chi connectivity index (χ2n) is 6.56. The number of nitro benzene ring substituents is 1. The van der Waals surface area contributed by atoms with Crippen molar-refractivity contribution in [3.8, 4) is 0 Å². The lowest BCUT2D eigenvalue weighted by Crippen LogP contribution is -2.47. The highest BCUT2D eigenvalue weighted by Gasteiger charge is 2.36. The van der Waals surface area contributed by atoms with Crippen LogP contribution < -0.4 is 5.32 Å². The third-order valence-corrected chi connectivity index (χ3v) is 5.03. The number of anilines is 1. The molecule has 1 aliphatic heterocycles. The quantitative estimate of drug-likeness (QED) is 0.633. The van der Waals surface area contributed by atoms with Crippen LogP contribution in [0.5, 0.6) is 0 Å². The summed E-state index contributed by atoms with van der Waals surface area (Å²) in [4.78, 5) is 26.0. The van der Waals surface area contributed by atoms with Crippen LogP contribution in [-0.4, -0.2) is 21.8 Å². The van der Waals surface area contributed by atoms with Gasteiger partial charge in [0, 0.05) is 28.9 Å². The molecule has 0 aliphatic carbocycles. The third kappa shape index (κ3) is 3.03. The van der Waals surface area contributed by atoms with Gasteiger partial charge in [0.25, 0.3) is 11.6 Å². The second kappa shape index (κ2) is 7.15. The van der Waals surface area contributed by atoms with Gasteiger partial charge in [-0.25, -0.2) is 0 Å². The van der Waals surface area contributed by atoms with Gasteiger partial charge in [0.2, 0.25) is 0 Å². The Kier molecular flexibility index (Phi) is 4.93. The van der Waals surface area contributed by atoms with Gasteiger partial charge >= 0.3 is 0 Å². The maximum atomic E-state index is 13.1. The summed E-state index contributed by atoms with van der Waals surface area (Å²) in [6, 6.07) is 12.6. The van der Waals surface area contributed by atoms with Gasteiger partial charge in [0.05, 0.1) is 10.5 Å².